The summed E-state index contributed by atoms with van der Waals surface area (Å²) in [5, 5.41) is 10.5. The highest BCUT2D eigenvalue weighted by atomic mass is 19.3. The van der Waals surface area contributed by atoms with Crippen molar-refractivity contribution in [2.24, 2.45) is 0 Å². The fourth-order valence-corrected chi connectivity index (χ4v) is 1.57. The Labute approximate surface area is 123 Å². The molecule has 0 saturated heterocycles. The van der Waals surface area contributed by atoms with E-state index < -0.39 is 11.1 Å². The predicted molar refractivity (Wildman–Crippen MR) is 72.1 cm³/mol. The maximum absolute atomic E-state index is 11.7. The van der Waals surface area contributed by atoms with E-state index in [1.807, 2.05) is 0 Å². The Hall–Kier alpha value is -3.00. The van der Waals surface area contributed by atoms with Gasteiger partial charge in [0, 0.05) is 12.1 Å². The summed E-state index contributed by atoms with van der Waals surface area (Å²) < 4.78 is 21.4. The second-order valence-electron chi connectivity index (χ2n) is 4.10. The smallest absolute Gasteiger partial charge is 0.395 e. The molecule has 0 bridgehead atoms. The number of hydrogen-bond acceptors (Lipinski definition) is 6. The van der Waals surface area contributed by atoms with Gasteiger partial charge in [0.05, 0.1) is 4.92 Å². The van der Waals surface area contributed by atoms with E-state index >= 15 is 0 Å². The van der Waals surface area contributed by atoms with Crippen molar-refractivity contribution in [2.75, 3.05) is 0 Å². The van der Waals surface area contributed by atoms with Crippen molar-refractivity contribution < 1.29 is 28.7 Å². The average molecular weight is 307 g/mol. The molecule has 0 fully saturated rings. The Morgan fingerprint density at radius 2 is 1.50 bits per heavy atom. The normalized spacial score (nSPS) is 10.0. The van der Waals surface area contributed by atoms with Crippen molar-refractivity contribution >= 4 is 11.8 Å². The molecule has 2 rings (SSSR count). The average Bonchev–Trinajstić information content (AvgIpc) is 2.50. The van der Waals surface area contributed by atoms with Crippen LogP contribution in [0, 0.1) is 10.1 Å². The van der Waals surface area contributed by atoms with Gasteiger partial charge in [-0.05, 0) is 34.4 Å². The molecular formula is C14H10FNO6. The van der Waals surface area contributed by atoms with Crippen molar-refractivity contribution in [3.05, 3.63) is 64.2 Å². The van der Waals surface area contributed by atoms with Gasteiger partial charge in [0.25, 0.3) is 5.69 Å². The Morgan fingerprint density at radius 1 is 1.00 bits per heavy atom. The lowest BCUT2D eigenvalue weighted by Gasteiger charge is -2.06. The van der Waals surface area contributed by atoms with Crippen molar-refractivity contribution in [1.29, 1.82) is 0 Å². The molecule has 0 aliphatic carbocycles. The molecule has 2 aromatic rings. The number of hydrogen-bond donors (Lipinski definition) is 0. The van der Waals surface area contributed by atoms with Crippen molar-refractivity contribution in [1.82, 2.24) is 0 Å². The van der Waals surface area contributed by atoms with Crippen LogP contribution in [0.15, 0.2) is 48.5 Å². The van der Waals surface area contributed by atoms with Gasteiger partial charge in [-0.2, -0.15) is 4.94 Å². The molecule has 0 saturated carbocycles. The van der Waals surface area contributed by atoms with Crippen LogP contribution in [0.2, 0.25) is 0 Å². The number of carbonyl (C=O) groups is 1. The van der Waals surface area contributed by atoms with Gasteiger partial charge in [-0.15, -0.1) is 0 Å². The van der Waals surface area contributed by atoms with Crippen LogP contribution in [0.25, 0.3) is 0 Å². The van der Waals surface area contributed by atoms with E-state index in [1.165, 1.54) is 48.5 Å². The summed E-state index contributed by atoms with van der Waals surface area (Å²) in [6.07, 6.45) is -0.997. The molecule has 22 heavy (non-hydrogen) atoms. The summed E-state index contributed by atoms with van der Waals surface area (Å²) in [6.45, 7) is -0.201. The van der Waals surface area contributed by atoms with Crippen molar-refractivity contribution in [3.8, 4) is 11.5 Å². The van der Waals surface area contributed by atoms with Crippen LogP contribution in [0.3, 0.4) is 0 Å². The molecule has 0 aromatic heterocycles. The maximum atomic E-state index is 11.7. The Balaban J connectivity index is 1.93. The van der Waals surface area contributed by atoms with E-state index in [4.69, 9.17) is 9.47 Å². The van der Waals surface area contributed by atoms with Gasteiger partial charge < -0.3 is 9.47 Å². The van der Waals surface area contributed by atoms with E-state index in [9.17, 15) is 19.4 Å². The molecule has 8 heteroatoms. The highest BCUT2D eigenvalue weighted by molar-refractivity contribution is 5.67. The van der Waals surface area contributed by atoms with Crippen LogP contribution in [0.5, 0.6) is 11.5 Å². The van der Waals surface area contributed by atoms with Crippen LogP contribution < -0.4 is 9.47 Å². The first-order valence-corrected chi connectivity index (χ1v) is 6.05. The number of benzene rings is 2. The second kappa shape index (κ2) is 7.14. The molecular weight excluding hydrogens is 297 g/mol. The lowest BCUT2D eigenvalue weighted by molar-refractivity contribution is -0.384. The standard InChI is InChI=1S/C14H10FNO6/c15-20-9-10-1-5-12(6-2-10)21-14(17)22-13-7-3-11(4-8-13)16(18)19/h1-8H,9H2. The van der Waals surface area contributed by atoms with Gasteiger partial charge in [-0.3, -0.25) is 10.1 Å². The van der Waals surface area contributed by atoms with Crippen LogP contribution in [-0.4, -0.2) is 11.1 Å². The van der Waals surface area contributed by atoms with E-state index in [2.05, 4.69) is 4.94 Å². The second-order valence-corrected chi connectivity index (χ2v) is 4.10. The van der Waals surface area contributed by atoms with Crippen LogP contribution in [-0.2, 0) is 11.5 Å². The molecule has 0 radical (unpaired) electrons. The third kappa shape index (κ3) is 4.25. The molecule has 0 aliphatic heterocycles. The number of ether oxygens (including phenoxy) is 2. The minimum Gasteiger partial charge on any atom is -0.395 e. The largest absolute Gasteiger partial charge is 0.519 e. The number of halogens is 1. The molecule has 114 valence electrons. The number of nitro benzene ring substituents is 1. The maximum Gasteiger partial charge on any atom is 0.519 e. The van der Waals surface area contributed by atoms with Crippen molar-refractivity contribution in [3.63, 3.8) is 0 Å². The van der Waals surface area contributed by atoms with Crippen LogP contribution >= 0.6 is 0 Å². The summed E-state index contributed by atoms with van der Waals surface area (Å²) in [4.78, 5) is 24.9. The number of nitrogens with zero attached hydrogens (tertiary/aromatic N) is 1. The number of nitro groups is 1. The molecule has 7 nitrogen and oxygen atoms in total. The lowest BCUT2D eigenvalue weighted by atomic mass is 10.2. The first-order valence-electron chi connectivity index (χ1n) is 6.05. The minimum absolute atomic E-state index is 0.109. The van der Waals surface area contributed by atoms with Crippen LogP contribution in [0.4, 0.5) is 15.0 Å². The first-order chi connectivity index (χ1) is 10.6. The fraction of sp³-hybridized carbons (Fsp3) is 0.0714. The van der Waals surface area contributed by atoms with Gasteiger partial charge in [0.1, 0.15) is 18.1 Å². The summed E-state index contributed by atoms with van der Waals surface area (Å²) in [7, 11) is 0. The van der Waals surface area contributed by atoms with E-state index in [-0.39, 0.29) is 23.8 Å². The summed E-state index contributed by atoms with van der Waals surface area (Å²) >= 11 is 0. The molecule has 2 aromatic carbocycles. The highest BCUT2D eigenvalue weighted by Gasteiger charge is 2.10. The SMILES string of the molecule is O=C(Oc1ccc(COF)cc1)Oc1ccc([N+](=O)[O-])cc1. The van der Waals surface area contributed by atoms with Gasteiger partial charge in [-0.25, -0.2) is 4.79 Å². The third-order valence-corrected chi connectivity index (χ3v) is 2.59. The minimum atomic E-state index is -0.997. The van der Waals surface area contributed by atoms with Crippen molar-refractivity contribution in [2.45, 2.75) is 6.61 Å². The third-order valence-electron chi connectivity index (χ3n) is 2.59. The number of non-ortho nitro benzene ring substituents is 1. The molecule has 0 spiro atoms. The Kier molecular flexibility index (Phi) is 4.99. The van der Waals surface area contributed by atoms with Gasteiger partial charge >= 0.3 is 6.16 Å². The van der Waals surface area contributed by atoms with Gasteiger partial charge in [0.2, 0.25) is 0 Å². The quantitative estimate of drug-likeness (QED) is 0.363. The van der Waals surface area contributed by atoms with Crippen LogP contribution in [0.1, 0.15) is 5.56 Å². The zero-order valence-electron chi connectivity index (χ0n) is 11.1. The molecule has 0 unspecified atom stereocenters. The predicted octanol–water partition coefficient (Wildman–Crippen LogP) is 3.57. The van der Waals surface area contributed by atoms with E-state index in [0.29, 0.717) is 5.56 Å². The van der Waals surface area contributed by atoms with E-state index in [1.54, 1.807) is 0 Å². The molecule has 0 heterocycles. The lowest BCUT2D eigenvalue weighted by Crippen LogP contribution is -2.13. The summed E-state index contributed by atoms with van der Waals surface area (Å²) in [5.41, 5.74) is 0.449. The molecule has 0 aliphatic rings. The molecule has 0 N–H and O–H groups in total. The topological polar surface area (TPSA) is 87.9 Å². The monoisotopic (exact) mass is 307 g/mol. The summed E-state index contributed by atoms with van der Waals surface area (Å²) in [5.74, 6) is 0.313. The zero-order chi connectivity index (χ0) is 15.9. The molecule has 0 atom stereocenters. The molecule has 0 amide bonds. The first kappa shape index (κ1) is 15.4. The number of rotatable bonds is 5. The Bertz CT molecular complexity index is 656. The van der Waals surface area contributed by atoms with Gasteiger partial charge in [0.15, 0.2) is 0 Å². The number of carbonyl (C=O) groups excluding carboxylic acids is 1. The zero-order valence-corrected chi connectivity index (χ0v) is 11.1. The highest BCUT2D eigenvalue weighted by Crippen LogP contribution is 2.19. The van der Waals surface area contributed by atoms with E-state index in [0.717, 1.165) is 0 Å². The van der Waals surface area contributed by atoms with Gasteiger partial charge in [-0.1, -0.05) is 12.1 Å². The Morgan fingerprint density at radius 3 is 1.95 bits per heavy atom. The fourth-order valence-electron chi connectivity index (χ4n) is 1.57. The summed E-state index contributed by atoms with van der Waals surface area (Å²) in [6, 6.07) is 10.9.